The fourth-order valence-corrected chi connectivity index (χ4v) is 2.13. The minimum absolute atomic E-state index is 0.0592. The van der Waals surface area contributed by atoms with E-state index in [0.717, 1.165) is 0 Å². The number of aliphatic hydroxyl groups is 2. The van der Waals surface area contributed by atoms with Gasteiger partial charge in [0.2, 0.25) is 5.92 Å². The lowest BCUT2D eigenvalue weighted by molar-refractivity contribution is -0.316. The van der Waals surface area contributed by atoms with Crippen molar-refractivity contribution in [3.63, 3.8) is 0 Å². The van der Waals surface area contributed by atoms with E-state index < -0.39 is 36.4 Å². The highest BCUT2D eigenvalue weighted by Gasteiger charge is 2.67. The fraction of sp³-hybridized carbons (Fsp3) is 1.00. The molecular weight excluding hydrogens is 182 g/mol. The monoisotopic (exact) mass is 194 g/mol. The molecule has 0 aromatic rings. The summed E-state index contributed by atoms with van der Waals surface area (Å²) in [5.41, 5.74) is -2.27. The van der Waals surface area contributed by atoms with Gasteiger partial charge in [-0.05, 0) is 0 Å². The van der Waals surface area contributed by atoms with Gasteiger partial charge in [0.25, 0.3) is 0 Å². The average molecular weight is 194 g/mol. The second kappa shape index (κ2) is 2.40. The molecule has 0 unspecified atom stereocenters. The molecule has 2 fully saturated rings. The Balaban J connectivity index is 2.11. The van der Waals surface area contributed by atoms with Gasteiger partial charge in [-0.2, -0.15) is 0 Å². The third kappa shape index (κ3) is 1.11. The zero-order valence-electron chi connectivity index (χ0n) is 7.09. The molecule has 5 heteroatoms. The van der Waals surface area contributed by atoms with Gasteiger partial charge in [-0.1, -0.05) is 0 Å². The molecule has 0 aromatic heterocycles. The highest BCUT2D eigenvalue weighted by molar-refractivity contribution is 5.12. The van der Waals surface area contributed by atoms with Crippen LogP contribution in [0.15, 0.2) is 0 Å². The predicted octanol–water partition coefficient (Wildman–Crippen LogP) is 0.156. The van der Waals surface area contributed by atoms with Crippen molar-refractivity contribution in [2.45, 2.75) is 24.4 Å². The molecule has 2 aliphatic rings. The quantitative estimate of drug-likeness (QED) is 0.658. The van der Waals surface area contributed by atoms with Gasteiger partial charge >= 0.3 is 0 Å². The standard InChI is InChI=1S/C8H12F2O3/c9-8(10)1-6(2-8,3-11)7(12)4-13-5-7/h11-12H,1-5H2. The second-order valence-electron chi connectivity index (χ2n) is 4.17. The molecule has 1 aliphatic heterocycles. The Morgan fingerprint density at radius 2 is 1.77 bits per heavy atom. The summed E-state index contributed by atoms with van der Waals surface area (Å²) in [6, 6.07) is 0. The molecule has 0 aromatic carbocycles. The molecular formula is C8H12F2O3. The second-order valence-corrected chi connectivity index (χ2v) is 4.17. The van der Waals surface area contributed by atoms with Crippen LogP contribution in [0.3, 0.4) is 0 Å². The first-order chi connectivity index (χ1) is 5.93. The van der Waals surface area contributed by atoms with Crippen LogP contribution in [0, 0.1) is 5.41 Å². The van der Waals surface area contributed by atoms with Gasteiger partial charge < -0.3 is 14.9 Å². The lowest BCUT2D eigenvalue weighted by atomic mass is 9.56. The third-order valence-electron chi connectivity index (χ3n) is 3.17. The summed E-state index contributed by atoms with van der Waals surface area (Å²) >= 11 is 0. The van der Waals surface area contributed by atoms with Crippen molar-refractivity contribution in [2.75, 3.05) is 19.8 Å². The molecule has 2 rings (SSSR count). The van der Waals surface area contributed by atoms with Gasteiger partial charge in [0, 0.05) is 18.3 Å². The number of hydrogen-bond donors (Lipinski definition) is 2. The maximum absolute atomic E-state index is 12.6. The molecule has 1 saturated carbocycles. The van der Waals surface area contributed by atoms with Crippen LogP contribution in [-0.4, -0.2) is 41.6 Å². The van der Waals surface area contributed by atoms with Crippen molar-refractivity contribution in [3.8, 4) is 0 Å². The van der Waals surface area contributed by atoms with E-state index in [0.29, 0.717) is 0 Å². The lowest BCUT2D eigenvalue weighted by Crippen LogP contribution is -2.70. The summed E-state index contributed by atoms with van der Waals surface area (Å²) in [4.78, 5) is 0. The molecule has 1 saturated heterocycles. The minimum Gasteiger partial charge on any atom is -0.396 e. The van der Waals surface area contributed by atoms with Gasteiger partial charge in [0.1, 0.15) is 5.60 Å². The van der Waals surface area contributed by atoms with Gasteiger partial charge in [0.15, 0.2) is 0 Å². The van der Waals surface area contributed by atoms with E-state index in [1.165, 1.54) is 0 Å². The van der Waals surface area contributed by atoms with Gasteiger partial charge in [0.05, 0.1) is 19.8 Å². The highest BCUT2D eigenvalue weighted by Crippen LogP contribution is 2.58. The number of hydrogen-bond acceptors (Lipinski definition) is 3. The van der Waals surface area contributed by atoms with E-state index >= 15 is 0 Å². The Hall–Kier alpha value is -0.260. The van der Waals surface area contributed by atoms with E-state index in [9.17, 15) is 13.9 Å². The molecule has 2 N–H and O–H groups in total. The first-order valence-corrected chi connectivity index (χ1v) is 4.22. The molecule has 3 nitrogen and oxygen atoms in total. The zero-order valence-corrected chi connectivity index (χ0v) is 7.09. The molecule has 0 amide bonds. The van der Waals surface area contributed by atoms with Crippen molar-refractivity contribution < 1.29 is 23.7 Å². The van der Waals surface area contributed by atoms with Crippen LogP contribution >= 0.6 is 0 Å². The zero-order chi connectivity index (χ0) is 9.74. The lowest BCUT2D eigenvalue weighted by Gasteiger charge is -2.58. The molecule has 0 radical (unpaired) electrons. The fourth-order valence-electron chi connectivity index (χ4n) is 2.13. The van der Waals surface area contributed by atoms with Gasteiger partial charge in [-0.25, -0.2) is 8.78 Å². The molecule has 0 atom stereocenters. The molecule has 0 bridgehead atoms. The SMILES string of the molecule is OCC1(C2(O)COC2)CC(F)(F)C1. The van der Waals surface area contributed by atoms with Crippen LogP contribution in [0.4, 0.5) is 8.78 Å². The van der Waals surface area contributed by atoms with Gasteiger partial charge in [-0.3, -0.25) is 0 Å². The van der Waals surface area contributed by atoms with Crippen LogP contribution in [-0.2, 0) is 4.74 Å². The van der Waals surface area contributed by atoms with Crippen molar-refractivity contribution in [3.05, 3.63) is 0 Å². The summed E-state index contributed by atoms with van der Waals surface area (Å²) in [7, 11) is 0. The molecule has 1 heterocycles. The Kier molecular flexibility index (Phi) is 1.72. The number of rotatable bonds is 2. The first-order valence-electron chi connectivity index (χ1n) is 4.22. The van der Waals surface area contributed by atoms with Crippen LogP contribution in [0.5, 0.6) is 0 Å². The van der Waals surface area contributed by atoms with Crippen LogP contribution in [0.1, 0.15) is 12.8 Å². The molecule has 13 heavy (non-hydrogen) atoms. The Labute approximate surface area is 74.3 Å². The van der Waals surface area contributed by atoms with Crippen LogP contribution in [0.25, 0.3) is 0 Å². The largest absolute Gasteiger partial charge is 0.396 e. The van der Waals surface area contributed by atoms with Crippen molar-refractivity contribution in [1.82, 2.24) is 0 Å². The Morgan fingerprint density at radius 1 is 1.23 bits per heavy atom. The summed E-state index contributed by atoms with van der Waals surface area (Å²) < 4.78 is 30.1. The smallest absolute Gasteiger partial charge is 0.249 e. The van der Waals surface area contributed by atoms with E-state index in [2.05, 4.69) is 0 Å². The summed E-state index contributed by atoms with van der Waals surface area (Å²) in [6.07, 6.45) is -0.868. The van der Waals surface area contributed by atoms with Crippen molar-refractivity contribution >= 4 is 0 Å². The molecule has 0 spiro atoms. The number of aliphatic hydroxyl groups excluding tert-OH is 1. The van der Waals surface area contributed by atoms with Crippen LogP contribution < -0.4 is 0 Å². The summed E-state index contributed by atoms with van der Waals surface area (Å²) in [6.45, 7) is -0.282. The normalized spacial score (nSPS) is 33.2. The van der Waals surface area contributed by atoms with E-state index in [1.807, 2.05) is 0 Å². The molecule has 76 valence electrons. The highest BCUT2D eigenvalue weighted by atomic mass is 19.3. The predicted molar refractivity (Wildman–Crippen MR) is 39.5 cm³/mol. The Morgan fingerprint density at radius 3 is 2.00 bits per heavy atom. The van der Waals surface area contributed by atoms with Crippen molar-refractivity contribution in [1.29, 1.82) is 0 Å². The summed E-state index contributed by atoms with van der Waals surface area (Å²) in [5, 5.41) is 18.8. The average Bonchev–Trinajstić information content (AvgIpc) is 1.94. The maximum atomic E-state index is 12.6. The number of alkyl halides is 2. The Bertz CT molecular complexity index is 217. The van der Waals surface area contributed by atoms with Crippen molar-refractivity contribution in [2.24, 2.45) is 5.41 Å². The molecule has 1 aliphatic carbocycles. The number of halogens is 2. The first kappa shape index (κ1) is 9.30. The third-order valence-corrected chi connectivity index (χ3v) is 3.17. The van der Waals surface area contributed by atoms with Gasteiger partial charge in [-0.15, -0.1) is 0 Å². The van der Waals surface area contributed by atoms with E-state index in [-0.39, 0.29) is 13.2 Å². The topological polar surface area (TPSA) is 49.7 Å². The number of ether oxygens (including phenoxy) is 1. The van der Waals surface area contributed by atoms with E-state index in [4.69, 9.17) is 9.84 Å². The maximum Gasteiger partial charge on any atom is 0.249 e. The van der Waals surface area contributed by atoms with Crippen LogP contribution in [0.2, 0.25) is 0 Å². The summed E-state index contributed by atoms with van der Waals surface area (Å²) in [5.74, 6) is -2.73. The van der Waals surface area contributed by atoms with E-state index in [1.54, 1.807) is 0 Å². The minimum atomic E-state index is -2.73.